The number of hydrogen-bond donors (Lipinski definition) is 0. The molecule has 94 valence electrons. The Morgan fingerprint density at radius 3 is 2.83 bits per heavy atom. The van der Waals surface area contributed by atoms with Crippen molar-refractivity contribution in [1.29, 1.82) is 0 Å². The van der Waals surface area contributed by atoms with Gasteiger partial charge in [0.05, 0.1) is 0 Å². The molecule has 1 saturated carbocycles. The first kappa shape index (κ1) is 11.2. The van der Waals surface area contributed by atoms with Crippen LogP contribution in [0.15, 0.2) is 17.1 Å². The van der Waals surface area contributed by atoms with Gasteiger partial charge in [0, 0.05) is 5.56 Å². The van der Waals surface area contributed by atoms with E-state index in [1.165, 1.54) is 6.92 Å². The van der Waals surface area contributed by atoms with Gasteiger partial charge < -0.3 is 9.47 Å². The van der Waals surface area contributed by atoms with Crippen molar-refractivity contribution in [2.75, 3.05) is 6.79 Å². The number of carbonyl (C=O) groups excluding carboxylic acids is 1. The van der Waals surface area contributed by atoms with Crippen LogP contribution in [0.2, 0.25) is 0 Å². The quantitative estimate of drug-likeness (QED) is 0.611. The fourth-order valence-electron chi connectivity index (χ4n) is 2.25. The maximum absolute atomic E-state index is 13.5. The van der Waals surface area contributed by atoms with Crippen LogP contribution in [0.5, 0.6) is 11.5 Å². The summed E-state index contributed by atoms with van der Waals surface area (Å²) in [6.45, 7) is 1.58. The van der Waals surface area contributed by atoms with Crippen LogP contribution in [0, 0.1) is 0 Å². The third-order valence-corrected chi connectivity index (χ3v) is 3.44. The lowest BCUT2D eigenvalue weighted by molar-refractivity contribution is 0.172. The molecule has 1 aliphatic heterocycles. The van der Waals surface area contributed by atoms with Gasteiger partial charge in [-0.25, -0.2) is 9.18 Å². The van der Waals surface area contributed by atoms with Crippen molar-refractivity contribution in [2.24, 2.45) is 4.99 Å². The molecule has 0 bridgehead atoms. The number of fused-ring (bicyclic) bond motifs is 1. The first-order valence-corrected chi connectivity index (χ1v) is 5.83. The molecule has 18 heavy (non-hydrogen) atoms. The zero-order chi connectivity index (χ0) is 12.8. The highest BCUT2D eigenvalue weighted by molar-refractivity contribution is 5.57. The second kappa shape index (κ2) is 3.82. The minimum Gasteiger partial charge on any atom is -0.454 e. The third kappa shape index (κ3) is 1.59. The van der Waals surface area contributed by atoms with Crippen LogP contribution in [-0.2, 0) is 10.3 Å². The number of isocyanates is 1. The van der Waals surface area contributed by atoms with Crippen molar-refractivity contribution in [3.63, 3.8) is 0 Å². The van der Waals surface area contributed by atoms with Crippen molar-refractivity contribution in [2.45, 2.75) is 31.5 Å². The molecule has 0 aromatic heterocycles. The highest BCUT2D eigenvalue weighted by atomic mass is 19.1. The number of aliphatic imine (C=N–C) groups is 1. The molecule has 1 atom stereocenters. The van der Waals surface area contributed by atoms with E-state index < -0.39 is 11.7 Å². The summed E-state index contributed by atoms with van der Waals surface area (Å²) in [7, 11) is 0. The molecule has 2 aliphatic rings. The molecule has 1 aromatic rings. The van der Waals surface area contributed by atoms with Crippen LogP contribution in [0.1, 0.15) is 37.1 Å². The van der Waals surface area contributed by atoms with E-state index in [1.54, 1.807) is 18.2 Å². The molecule has 1 aliphatic carbocycles. The van der Waals surface area contributed by atoms with E-state index in [0.717, 1.165) is 18.4 Å². The Bertz CT molecular complexity index is 545. The van der Waals surface area contributed by atoms with Crippen molar-refractivity contribution in [3.05, 3.63) is 23.3 Å². The molecule has 5 heteroatoms. The Morgan fingerprint density at radius 2 is 2.22 bits per heavy atom. The van der Waals surface area contributed by atoms with Crippen LogP contribution in [0.4, 0.5) is 4.39 Å². The first-order chi connectivity index (χ1) is 8.66. The van der Waals surface area contributed by atoms with Gasteiger partial charge in [0.25, 0.3) is 0 Å². The van der Waals surface area contributed by atoms with Gasteiger partial charge >= 0.3 is 0 Å². The van der Waals surface area contributed by atoms with Crippen LogP contribution < -0.4 is 9.47 Å². The van der Waals surface area contributed by atoms with Gasteiger partial charge in [-0.1, -0.05) is 0 Å². The van der Waals surface area contributed by atoms with E-state index in [0.29, 0.717) is 17.1 Å². The minimum absolute atomic E-state index is 0.118. The van der Waals surface area contributed by atoms with Crippen LogP contribution >= 0.6 is 0 Å². The SMILES string of the molecule is CC(F)c1cc2c(c(C3(N=C=O)CC3)c1)OCO2. The maximum atomic E-state index is 13.5. The standard InChI is InChI=1S/C13H12FNO3/c1-8(14)9-4-10(13(2-3-13)15-6-16)12-11(5-9)17-7-18-12/h4-5,8H,2-3,7H2,1H3. The minimum atomic E-state index is -1.10. The van der Waals surface area contributed by atoms with Crippen LogP contribution in [-0.4, -0.2) is 12.9 Å². The Hall–Kier alpha value is -1.87. The summed E-state index contributed by atoms with van der Waals surface area (Å²) in [5, 5.41) is 0. The summed E-state index contributed by atoms with van der Waals surface area (Å²) in [6.07, 6.45) is 2.00. The van der Waals surface area contributed by atoms with Crippen molar-refractivity contribution >= 4 is 6.08 Å². The number of halogens is 1. The second-order valence-electron chi connectivity index (χ2n) is 4.65. The van der Waals surface area contributed by atoms with Crippen LogP contribution in [0.25, 0.3) is 0 Å². The van der Waals surface area contributed by atoms with Crippen molar-refractivity contribution in [3.8, 4) is 11.5 Å². The maximum Gasteiger partial charge on any atom is 0.235 e. The number of benzene rings is 1. The van der Waals surface area contributed by atoms with E-state index in [2.05, 4.69) is 4.99 Å². The smallest absolute Gasteiger partial charge is 0.235 e. The molecule has 0 N–H and O–H groups in total. The van der Waals surface area contributed by atoms with E-state index in [4.69, 9.17) is 9.47 Å². The van der Waals surface area contributed by atoms with Gasteiger partial charge in [0.2, 0.25) is 12.9 Å². The van der Waals surface area contributed by atoms with E-state index in [9.17, 15) is 9.18 Å². The van der Waals surface area contributed by atoms with Crippen molar-refractivity contribution in [1.82, 2.24) is 0 Å². The van der Waals surface area contributed by atoms with E-state index in [-0.39, 0.29) is 6.79 Å². The Labute approximate surface area is 103 Å². The van der Waals surface area contributed by atoms with Gasteiger partial charge in [0.1, 0.15) is 11.7 Å². The fraction of sp³-hybridized carbons (Fsp3) is 0.462. The monoisotopic (exact) mass is 249 g/mol. The highest BCUT2D eigenvalue weighted by Crippen LogP contribution is 2.55. The lowest BCUT2D eigenvalue weighted by Gasteiger charge is -2.14. The summed E-state index contributed by atoms with van der Waals surface area (Å²) in [5.41, 5.74) is 0.673. The number of ether oxygens (including phenoxy) is 2. The topological polar surface area (TPSA) is 47.9 Å². The lowest BCUT2D eigenvalue weighted by atomic mass is 9.99. The van der Waals surface area contributed by atoms with Gasteiger partial charge in [-0.05, 0) is 37.5 Å². The van der Waals surface area contributed by atoms with Gasteiger partial charge in [-0.3, -0.25) is 0 Å². The Kier molecular flexibility index (Phi) is 2.38. The zero-order valence-corrected chi connectivity index (χ0v) is 9.90. The lowest BCUT2D eigenvalue weighted by Crippen LogP contribution is -2.05. The molecule has 1 unspecified atom stereocenters. The molecule has 1 aromatic carbocycles. The first-order valence-electron chi connectivity index (χ1n) is 5.83. The number of hydrogen-bond acceptors (Lipinski definition) is 4. The summed E-state index contributed by atoms with van der Waals surface area (Å²) < 4.78 is 24.2. The third-order valence-electron chi connectivity index (χ3n) is 3.44. The van der Waals surface area contributed by atoms with Crippen molar-refractivity contribution < 1.29 is 18.7 Å². The molecule has 1 fully saturated rings. The van der Waals surface area contributed by atoms with Crippen LogP contribution in [0.3, 0.4) is 0 Å². The fourth-order valence-corrected chi connectivity index (χ4v) is 2.25. The zero-order valence-electron chi connectivity index (χ0n) is 9.90. The summed E-state index contributed by atoms with van der Waals surface area (Å²) >= 11 is 0. The summed E-state index contributed by atoms with van der Waals surface area (Å²) in [6, 6.07) is 3.35. The molecule has 0 spiro atoms. The largest absolute Gasteiger partial charge is 0.454 e. The molecule has 1 heterocycles. The molecule has 0 radical (unpaired) electrons. The molecule has 3 rings (SSSR count). The van der Waals surface area contributed by atoms with E-state index in [1.807, 2.05) is 0 Å². The summed E-state index contributed by atoms with van der Waals surface area (Å²) in [4.78, 5) is 14.4. The molecule has 0 amide bonds. The number of rotatable bonds is 3. The normalized spacial score (nSPS) is 20.1. The Morgan fingerprint density at radius 1 is 1.44 bits per heavy atom. The van der Waals surface area contributed by atoms with Gasteiger partial charge in [0.15, 0.2) is 11.5 Å². The Balaban J connectivity index is 2.16. The van der Waals surface area contributed by atoms with Gasteiger partial charge in [-0.15, -0.1) is 0 Å². The molecular formula is C13H12FNO3. The summed E-state index contributed by atoms with van der Waals surface area (Å²) in [5.74, 6) is 1.11. The predicted octanol–water partition coefficient (Wildman–Crippen LogP) is 2.77. The average Bonchev–Trinajstić information content (AvgIpc) is 2.97. The molecule has 4 nitrogen and oxygen atoms in total. The molecular weight excluding hydrogens is 237 g/mol. The predicted molar refractivity (Wildman–Crippen MR) is 61.1 cm³/mol. The van der Waals surface area contributed by atoms with Gasteiger partial charge in [-0.2, -0.15) is 4.99 Å². The average molecular weight is 249 g/mol. The number of alkyl halides is 1. The number of nitrogens with zero attached hydrogens (tertiary/aromatic N) is 1. The molecule has 0 saturated heterocycles. The second-order valence-corrected chi connectivity index (χ2v) is 4.65. The highest BCUT2D eigenvalue weighted by Gasteiger charge is 2.48. The van der Waals surface area contributed by atoms with E-state index >= 15 is 0 Å².